The Morgan fingerprint density at radius 3 is 2.63 bits per heavy atom. The summed E-state index contributed by atoms with van der Waals surface area (Å²) in [5, 5.41) is 0. The molecule has 19 heavy (non-hydrogen) atoms. The van der Waals surface area contributed by atoms with Crippen molar-refractivity contribution in [3.63, 3.8) is 0 Å². The molecule has 7 heteroatoms. The lowest BCUT2D eigenvalue weighted by atomic mass is 10.1. The maximum atomic E-state index is 12.7. The molecular weight excluding hydrogens is 366 g/mol. The van der Waals surface area contributed by atoms with E-state index in [-0.39, 0.29) is 4.75 Å². The molecule has 0 bridgehead atoms. The third-order valence-corrected chi connectivity index (χ3v) is 8.34. The average Bonchev–Trinajstić information content (AvgIpc) is 2.52. The summed E-state index contributed by atoms with van der Waals surface area (Å²) in [6.45, 7) is 7.43. The van der Waals surface area contributed by atoms with Crippen LogP contribution in [0.3, 0.4) is 0 Å². The third kappa shape index (κ3) is 3.56. The van der Waals surface area contributed by atoms with E-state index in [1.54, 1.807) is 10.4 Å². The summed E-state index contributed by atoms with van der Waals surface area (Å²) < 4.78 is 28.0. The Hall–Kier alpha value is 0.440. The fourth-order valence-corrected chi connectivity index (χ4v) is 7.11. The third-order valence-electron chi connectivity index (χ3n) is 3.26. The van der Waals surface area contributed by atoms with E-state index >= 15 is 0 Å². The van der Waals surface area contributed by atoms with Crippen molar-refractivity contribution in [3.05, 3.63) is 14.7 Å². The first kappa shape index (κ1) is 15.8. The zero-order chi connectivity index (χ0) is 14.3. The van der Waals surface area contributed by atoms with Crippen LogP contribution in [-0.4, -0.2) is 36.3 Å². The number of thiophene rings is 1. The molecule has 0 unspecified atom stereocenters. The van der Waals surface area contributed by atoms with Crippen LogP contribution in [0.2, 0.25) is 0 Å². The zero-order valence-corrected chi connectivity index (χ0v) is 15.3. The van der Waals surface area contributed by atoms with E-state index in [9.17, 15) is 8.42 Å². The van der Waals surface area contributed by atoms with Crippen LogP contribution < -0.4 is 0 Å². The molecule has 2 heterocycles. The van der Waals surface area contributed by atoms with Crippen LogP contribution in [-0.2, 0) is 10.0 Å². The normalized spacial score (nSPS) is 21.3. The molecule has 0 aromatic carbocycles. The van der Waals surface area contributed by atoms with Crippen molar-refractivity contribution >= 4 is 49.1 Å². The van der Waals surface area contributed by atoms with Gasteiger partial charge in [-0.05, 0) is 35.3 Å². The molecule has 1 aromatic rings. The molecule has 0 atom stereocenters. The van der Waals surface area contributed by atoms with Crippen molar-refractivity contribution in [1.82, 2.24) is 4.31 Å². The Morgan fingerprint density at radius 2 is 2.05 bits per heavy atom. The largest absolute Gasteiger partial charge is 0.244 e. The van der Waals surface area contributed by atoms with Gasteiger partial charge in [0, 0.05) is 28.5 Å². The molecule has 0 N–H and O–H groups in total. The smallest absolute Gasteiger partial charge is 0.207 e. The lowest BCUT2D eigenvalue weighted by molar-refractivity contribution is 0.415. The molecule has 3 nitrogen and oxygen atoms in total. The molecule has 1 fully saturated rings. The van der Waals surface area contributed by atoms with Crippen molar-refractivity contribution < 1.29 is 8.42 Å². The molecule has 0 spiro atoms. The van der Waals surface area contributed by atoms with Crippen molar-refractivity contribution in [2.24, 2.45) is 0 Å². The summed E-state index contributed by atoms with van der Waals surface area (Å²) in [6, 6.07) is 1.72. The summed E-state index contributed by atoms with van der Waals surface area (Å²) in [4.78, 5) is 1.30. The minimum atomic E-state index is -3.34. The highest BCUT2D eigenvalue weighted by Crippen LogP contribution is 2.35. The molecule has 1 aliphatic heterocycles. The van der Waals surface area contributed by atoms with Gasteiger partial charge < -0.3 is 0 Å². The average molecular weight is 384 g/mol. The number of aryl methyl sites for hydroxylation is 1. The minimum absolute atomic E-state index is 0.161. The number of halogens is 1. The van der Waals surface area contributed by atoms with Gasteiger partial charge >= 0.3 is 0 Å². The second-order valence-electron chi connectivity index (χ2n) is 5.23. The summed E-state index contributed by atoms with van der Waals surface area (Å²) in [6.07, 6.45) is 0.890. The van der Waals surface area contributed by atoms with E-state index in [0.29, 0.717) is 18.0 Å². The Kier molecular flexibility index (Phi) is 4.72. The summed E-state index contributed by atoms with van der Waals surface area (Å²) in [7, 11) is -3.34. The molecular formula is C12H18BrNO2S3. The standard InChI is InChI=1S/C12H18BrNO2S3/c1-9-10(8-11(13)18-9)19(15,16)14-5-4-12(2,3)17-7-6-14/h8H,4-7H2,1-3H3. The highest BCUT2D eigenvalue weighted by Gasteiger charge is 2.32. The van der Waals surface area contributed by atoms with E-state index in [4.69, 9.17) is 0 Å². The Morgan fingerprint density at radius 1 is 1.37 bits per heavy atom. The first-order chi connectivity index (χ1) is 8.72. The van der Waals surface area contributed by atoms with Crippen LogP contribution in [0.25, 0.3) is 0 Å². The van der Waals surface area contributed by atoms with Gasteiger partial charge in [-0.25, -0.2) is 8.42 Å². The van der Waals surface area contributed by atoms with Crippen LogP contribution in [0.5, 0.6) is 0 Å². The number of thioether (sulfide) groups is 1. The predicted octanol–water partition coefficient (Wildman–Crippen LogP) is 3.73. The Labute approximate surface area is 131 Å². The van der Waals surface area contributed by atoms with Gasteiger partial charge in [0.05, 0.1) is 8.68 Å². The molecule has 0 saturated carbocycles. The van der Waals surface area contributed by atoms with Crippen molar-refractivity contribution in [1.29, 1.82) is 0 Å². The predicted molar refractivity (Wildman–Crippen MR) is 86.7 cm³/mol. The van der Waals surface area contributed by atoms with Gasteiger partial charge in [-0.2, -0.15) is 16.1 Å². The van der Waals surface area contributed by atoms with Gasteiger partial charge in [0.25, 0.3) is 0 Å². The molecule has 0 aliphatic carbocycles. The highest BCUT2D eigenvalue weighted by molar-refractivity contribution is 9.11. The van der Waals surface area contributed by atoms with Crippen molar-refractivity contribution in [2.75, 3.05) is 18.8 Å². The van der Waals surface area contributed by atoms with E-state index in [0.717, 1.165) is 20.8 Å². The van der Waals surface area contributed by atoms with E-state index in [1.807, 2.05) is 18.7 Å². The van der Waals surface area contributed by atoms with Crippen LogP contribution in [0.1, 0.15) is 25.1 Å². The number of rotatable bonds is 2. The number of hydrogen-bond donors (Lipinski definition) is 0. The van der Waals surface area contributed by atoms with Crippen LogP contribution in [0.15, 0.2) is 14.7 Å². The molecule has 0 amide bonds. The van der Waals surface area contributed by atoms with Crippen LogP contribution in [0.4, 0.5) is 0 Å². The topological polar surface area (TPSA) is 37.4 Å². The Balaban J connectivity index is 2.28. The molecule has 108 valence electrons. The van der Waals surface area contributed by atoms with Crippen LogP contribution >= 0.6 is 39.0 Å². The van der Waals surface area contributed by atoms with Gasteiger partial charge in [0.15, 0.2) is 0 Å². The maximum absolute atomic E-state index is 12.7. The van der Waals surface area contributed by atoms with Gasteiger partial charge in [0.2, 0.25) is 10.0 Å². The van der Waals surface area contributed by atoms with Crippen molar-refractivity contribution in [2.45, 2.75) is 36.8 Å². The van der Waals surface area contributed by atoms with Gasteiger partial charge in [-0.1, -0.05) is 13.8 Å². The molecule has 1 aromatic heterocycles. The van der Waals surface area contributed by atoms with E-state index in [1.165, 1.54) is 11.3 Å². The summed E-state index contributed by atoms with van der Waals surface area (Å²) in [5.74, 6) is 0.858. The van der Waals surface area contributed by atoms with E-state index < -0.39 is 10.0 Å². The van der Waals surface area contributed by atoms with Gasteiger partial charge in [-0.15, -0.1) is 11.3 Å². The zero-order valence-electron chi connectivity index (χ0n) is 11.3. The molecule has 1 saturated heterocycles. The lowest BCUT2D eigenvalue weighted by Gasteiger charge is -2.22. The molecule has 2 rings (SSSR count). The first-order valence-corrected chi connectivity index (χ1v) is 10.2. The SMILES string of the molecule is Cc1sc(Br)cc1S(=O)(=O)N1CCSC(C)(C)CC1. The quantitative estimate of drug-likeness (QED) is 0.780. The highest BCUT2D eigenvalue weighted by atomic mass is 79.9. The summed E-state index contributed by atoms with van der Waals surface area (Å²) in [5.41, 5.74) is 0. The second-order valence-corrected chi connectivity index (χ2v) is 11.6. The second kappa shape index (κ2) is 5.67. The Bertz CT molecular complexity index is 566. The fourth-order valence-electron chi connectivity index (χ4n) is 2.07. The number of hydrogen-bond acceptors (Lipinski definition) is 4. The summed E-state index contributed by atoms with van der Waals surface area (Å²) >= 11 is 6.69. The molecule has 0 radical (unpaired) electrons. The fraction of sp³-hybridized carbons (Fsp3) is 0.667. The van der Waals surface area contributed by atoms with Crippen LogP contribution in [0, 0.1) is 6.92 Å². The van der Waals surface area contributed by atoms with E-state index in [2.05, 4.69) is 29.8 Å². The lowest BCUT2D eigenvalue weighted by Crippen LogP contribution is -2.33. The monoisotopic (exact) mass is 383 g/mol. The first-order valence-electron chi connectivity index (χ1n) is 6.12. The maximum Gasteiger partial charge on any atom is 0.244 e. The number of sulfonamides is 1. The van der Waals surface area contributed by atoms with Crippen molar-refractivity contribution in [3.8, 4) is 0 Å². The minimum Gasteiger partial charge on any atom is -0.207 e. The van der Waals surface area contributed by atoms with Gasteiger partial charge in [-0.3, -0.25) is 0 Å². The van der Waals surface area contributed by atoms with Gasteiger partial charge in [0.1, 0.15) is 0 Å². The molecule has 1 aliphatic rings. The number of nitrogens with zero attached hydrogens (tertiary/aromatic N) is 1.